The lowest BCUT2D eigenvalue weighted by Gasteiger charge is -2.40. The van der Waals surface area contributed by atoms with Crippen LogP contribution in [0.4, 0.5) is 5.69 Å². The van der Waals surface area contributed by atoms with Gasteiger partial charge in [-0.2, -0.15) is 5.26 Å². The van der Waals surface area contributed by atoms with Gasteiger partial charge in [0, 0.05) is 56.2 Å². The van der Waals surface area contributed by atoms with Crippen molar-refractivity contribution in [1.82, 2.24) is 14.4 Å². The Hall–Kier alpha value is -4.55. The molecule has 0 aliphatic carbocycles. The lowest BCUT2D eigenvalue weighted by molar-refractivity contribution is -0.129. The second kappa shape index (κ2) is 14.5. The average molecular weight is 706 g/mol. The Morgan fingerprint density at radius 1 is 1.02 bits per heavy atom. The number of rotatable bonds is 7. The van der Waals surface area contributed by atoms with Crippen LogP contribution in [0.2, 0.25) is 0 Å². The molecule has 1 amide bonds. The van der Waals surface area contributed by atoms with Crippen LogP contribution in [0.5, 0.6) is 11.5 Å². The molecule has 9 heteroatoms. The van der Waals surface area contributed by atoms with Crippen molar-refractivity contribution in [2.45, 2.75) is 79.8 Å². The van der Waals surface area contributed by atoms with E-state index in [1.165, 1.54) is 23.2 Å². The third-order valence-corrected chi connectivity index (χ3v) is 11.8. The number of aryl methyl sites for hydroxylation is 1. The van der Waals surface area contributed by atoms with Gasteiger partial charge < -0.3 is 23.8 Å². The minimum atomic E-state index is -0.247. The van der Waals surface area contributed by atoms with Gasteiger partial charge in [0.05, 0.1) is 25.8 Å². The third kappa shape index (κ3) is 7.10. The minimum Gasteiger partial charge on any atom is -0.496 e. The number of anilines is 1. The smallest absolute Gasteiger partial charge is 0.264 e. The van der Waals surface area contributed by atoms with Crippen LogP contribution < -0.4 is 19.9 Å². The first-order chi connectivity index (χ1) is 24.7. The predicted octanol–water partition coefficient (Wildman–Crippen LogP) is 7.12. The number of amides is 1. The summed E-state index contributed by atoms with van der Waals surface area (Å²) in [6.07, 6.45) is 7.92. The number of ether oxygens (including phenoxy) is 2. The predicted molar refractivity (Wildman–Crippen MR) is 207 cm³/mol. The second-order valence-corrected chi connectivity index (χ2v) is 16.3. The first-order valence-corrected chi connectivity index (χ1v) is 18.6. The summed E-state index contributed by atoms with van der Waals surface area (Å²) in [6.45, 7) is 17.4. The number of methoxy groups -OCH3 is 2. The van der Waals surface area contributed by atoms with Crippen LogP contribution in [0.25, 0.3) is 11.1 Å². The van der Waals surface area contributed by atoms with Crippen molar-refractivity contribution in [1.29, 1.82) is 5.26 Å². The zero-order chi connectivity index (χ0) is 37.5. The van der Waals surface area contributed by atoms with Crippen molar-refractivity contribution in [2.75, 3.05) is 51.8 Å². The molecular weight excluding hydrogens is 651 g/mol. The molecule has 2 aromatic carbocycles. The summed E-state index contributed by atoms with van der Waals surface area (Å²) >= 11 is 0. The van der Waals surface area contributed by atoms with Crippen molar-refractivity contribution >= 4 is 11.6 Å². The SMILES string of the molecule is COc1cc(-c2cn(C)c(=O)c(C)c2C)cc(OC)c1CN1CCC2(CC1)CCN(c1cccc3c1CCN(C(=O)/C(C#N)=C/C(C)(C)C)[C@@H]3C)C2. The molecule has 3 aliphatic rings. The monoisotopic (exact) mass is 705 g/mol. The van der Waals surface area contributed by atoms with Gasteiger partial charge in [0.2, 0.25) is 0 Å². The normalized spacial score (nSPS) is 19.1. The average Bonchev–Trinajstić information content (AvgIpc) is 3.54. The van der Waals surface area contributed by atoms with E-state index in [1.807, 2.05) is 45.7 Å². The maximum Gasteiger partial charge on any atom is 0.264 e. The molecule has 1 atom stereocenters. The Labute approximate surface area is 309 Å². The maximum absolute atomic E-state index is 13.5. The topological polar surface area (TPSA) is 91.0 Å². The van der Waals surface area contributed by atoms with Gasteiger partial charge >= 0.3 is 0 Å². The molecule has 2 saturated heterocycles. The van der Waals surface area contributed by atoms with Gasteiger partial charge in [-0.15, -0.1) is 0 Å². The van der Waals surface area contributed by atoms with Crippen LogP contribution in [0.1, 0.15) is 80.8 Å². The molecule has 52 heavy (non-hydrogen) atoms. The van der Waals surface area contributed by atoms with Crippen molar-refractivity contribution < 1.29 is 14.3 Å². The molecule has 9 nitrogen and oxygen atoms in total. The number of nitrogens with zero attached hydrogens (tertiary/aromatic N) is 5. The van der Waals surface area contributed by atoms with Gasteiger partial charge in [-0.3, -0.25) is 14.5 Å². The highest BCUT2D eigenvalue weighted by Crippen LogP contribution is 2.45. The molecule has 0 unspecified atom stereocenters. The van der Waals surface area contributed by atoms with E-state index in [9.17, 15) is 14.9 Å². The third-order valence-electron chi connectivity index (χ3n) is 11.8. The Kier molecular flexibility index (Phi) is 10.4. The van der Waals surface area contributed by atoms with Crippen LogP contribution in [-0.4, -0.2) is 67.2 Å². The molecule has 6 rings (SSSR count). The number of carbonyl (C=O) groups excluding carboxylic acids is 1. The van der Waals surface area contributed by atoms with Crippen LogP contribution in [0.3, 0.4) is 0 Å². The first kappa shape index (κ1) is 37.2. The number of benzene rings is 2. The van der Waals surface area contributed by atoms with Crippen molar-refractivity contribution in [3.8, 4) is 28.7 Å². The fourth-order valence-corrected chi connectivity index (χ4v) is 8.67. The molecule has 0 radical (unpaired) electrons. The number of nitriles is 1. The van der Waals surface area contributed by atoms with Crippen LogP contribution in [0.15, 0.2) is 53.0 Å². The van der Waals surface area contributed by atoms with E-state index in [1.54, 1.807) is 31.9 Å². The number of allylic oxidation sites excluding steroid dienone is 1. The molecule has 3 aromatic rings. The molecule has 4 heterocycles. The number of pyridine rings is 1. The summed E-state index contributed by atoms with van der Waals surface area (Å²) in [5, 5.41) is 9.80. The zero-order valence-corrected chi connectivity index (χ0v) is 32.6. The summed E-state index contributed by atoms with van der Waals surface area (Å²) < 4.78 is 13.6. The van der Waals surface area contributed by atoms with Gasteiger partial charge in [-0.05, 0) is 111 Å². The fourth-order valence-electron chi connectivity index (χ4n) is 8.67. The van der Waals surface area contributed by atoms with E-state index in [2.05, 4.69) is 53.1 Å². The van der Waals surface area contributed by atoms with E-state index < -0.39 is 0 Å². The molecule has 276 valence electrons. The van der Waals surface area contributed by atoms with Gasteiger partial charge in [0.1, 0.15) is 23.1 Å². The maximum atomic E-state index is 13.5. The summed E-state index contributed by atoms with van der Waals surface area (Å²) in [4.78, 5) is 33.0. The molecule has 3 aliphatic heterocycles. The number of aromatic nitrogens is 1. The molecule has 0 saturated carbocycles. The zero-order valence-electron chi connectivity index (χ0n) is 32.6. The lowest BCUT2D eigenvalue weighted by atomic mass is 9.77. The quantitative estimate of drug-likeness (QED) is 0.191. The largest absolute Gasteiger partial charge is 0.496 e. The Bertz CT molecular complexity index is 1960. The minimum absolute atomic E-state index is 0.0167. The van der Waals surface area contributed by atoms with Crippen molar-refractivity contribution in [2.24, 2.45) is 17.9 Å². The van der Waals surface area contributed by atoms with E-state index in [-0.39, 0.29) is 33.9 Å². The number of carbonyl (C=O) groups is 1. The van der Waals surface area contributed by atoms with E-state index in [4.69, 9.17) is 9.47 Å². The Balaban J connectivity index is 1.14. The Morgan fingerprint density at radius 2 is 1.67 bits per heavy atom. The molecular formula is C43H55N5O4. The molecule has 1 aromatic heterocycles. The fraction of sp³-hybridized carbons (Fsp3) is 0.512. The van der Waals surface area contributed by atoms with E-state index in [0.29, 0.717) is 6.54 Å². The molecule has 0 N–H and O–H groups in total. The van der Waals surface area contributed by atoms with Crippen molar-refractivity contribution in [3.63, 3.8) is 0 Å². The summed E-state index contributed by atoms with van der Waals surface area (Å²) in [5.41, 5.74) is 8.84. The van der Waals surface area contributed by atoms with Gasteiger partial charge in [0.15, 0.2) is 0 Å². The second-order valence-electron chi connectivity index (χ2n) is 16.3. The number of likely N-dealkylation sites (tertiary alicyclic amines) is 1. The lowest BCUT2D eigenvalue weighted by Crippen LogP contribution is -2.42. The highest BCUT2D eigenvalue weighted by molar-refractivity contribution is 5.97. The van der Waals surface area contributed by atoms with Crippen LogP contribution in [-0.2, 0) is 24.8 Å². The Morgan fingerprint density at radius 3 is 2.29 bits per heavy atom. The van der Waals surface area contributed by atoms with E-state index in [0.717, 1.165) is 91.3 Å². The van der Waals surface area contributed by atoms with Gasteiger partial charge in [0.25, 0.3) is 11.5 Å². The number of hydrogen-bond donors (Lipinski definition) is 0. The first-order valence-electron chi connectivity index (χ1n) is 18.6. The standard InChI is InChI=1S/C43H55N5O4/c1-28-29(2)40(49)45(7)25-35(28)31-21-38(51-8)36(39(22-31)52-9)26-46-18-14-43(15-19-46)16-20-47(27-43)37-12-10-11-33-30(3)48(17-13-34(33)37)41(50)32(24-44)23-42(4,5)6/h10-12,21-23,25,30H,13-20,26-27H2,1-9H3/b32-23+/t30-/m1/s1. The summed E-state index contributed by atoms with van der Waals surface area (Å²) in [6, 6.07) is 12.8. The molecule has 0 bridgehead atoms. The molecule has 1 spiro atoms. The highest BCUT2D eigenvalue weighted by atomic mass is 16.5. The van der Waals surface area contributed by atoms with Gasteiger partial charge in [-0.25, -0.2) is 0 Å². The van der Waals surface area contributed by atoms with Crippen LogP contribution in [0, 0.1) is 36.0 Å². The number of fused-ring (bicyclic) bond motifs is 1. The van der Waals surface area contributed by atoms with Crippen LogP contribution >= 0.6 is 0 Å². The summed E-state index contributed by atoms with van der Waals surface area (Å²) in [5.74, 6) is 1.42. The van der Waals surface area contributed by atoms with Crippen molar-refractivity contribution in [3.05, 3.63) is 86.3 Å². The van der Waals surface area contributed by atoms with E-state index >= 15 is 0 Å². The molecule has 2 fully saturated rings. The highest BCUT2D eigenvalue weighted by Gasteiger charge is 2.42. The number of piperidine rings is 1. The van der Waals surface area contributed by atoms with Gasteiger partial charge in [-0.1, -0.05) is 39.0 Å². The number of hydrogen-bond acceptors (Lipinski definition) is 7. The summed E-state index contributed by atoms with van der Waals surface area (Å²) in [7, 11) is 5.22.